The molecule has 0 aliphatic carbocycles. The van der Waals surface area contributed by atoms with E-state index >= 15 is 0 Å². The van der Waals surface area contributed by atoms with Crippen molar-refractivity contribution in [1.29, 1.82) is 0 Å². The predicted octanol–water partition coefficient (Wildman–Crippen LogP) is 2.46. The highest BCUT2D eigenvalue weighted by atomic mass is 35.5. The van der Waals surface area contributed by atoms with Gasteiger partial charge >= 0.3 is 0 Å². The van der Waals surface area contributed by atoms with E-state index in [1.54, 1.807) is 0 Å². The van der Waals surface area contributed by atoms with Gasteiger partial charge in [-0.2, -0.15) is 0 Å². The Morgan fingerprint density at radius 2 is 2.00 bits per heavy atom. The molecule has 1 aromatic rings. The van der Waals surface area contributed by atoms with E-state index in [1.165, 1.54) is 5.56 Å². The summed E-state index contributed by atoms with van der Waals surface area (Å²) in [5.41, 5.74) is 13.6. The highest BCUT2D eigenvalue weighted by Crippen LogP contribution is 2.13. The number of aryl methyl sites for hydroxylation is 1. The summed E-state index contributed by atoms with van der Waals surface area (Å²) in [6.07, 6.45) is 0.522. The fourth-order valence-corrected chi connectivity index (χ4v) is 1.57. The molecule has 0 heterocycles. The molecule has 4 N–H and O–H groups in total. The molecule has 0 radical (unpaired) electrons. The number of rotatable bonds is 3. The molecule has 0 unspecified atom stereocenters. The Hall–Kier alpha value is -1.19. The molecule has 0 aliphatic heterocycles. The van der Waals surface area contributed by atoms with Gasteiger partial charge in [0, 0.05) is 6.42 Å². The van der Waals surface area contributed by atoms with Crippen LogP contribution in [0.25, 0.3) is 0 Å². The number of halogens is 2. The molecule has 5 heteroatoms. The smallest absolute Gasteiger partial charge is 0.194 e. The molecule has 0 bridgehead atoms. The minimum atomic E-state index is -0.128. The van der Waals surface area contributed by atoms with Crippen molar-refractivity contribution in [2.75, 3.05) is 0 Å². The fourth-order valence-electron chi connectivity index (χ4n) is 1.28. The number of allylic oxidation sites excluding steroid dienone is 1. The Bertz CT molecular complexity index is 435. The zero-order valence-electron chi connectivity index (χ0n) is 8.87. The quantitative estimate of drug-likeness (QED) is 0.497. The number of amidine groups is 1. The van der Waals surface area contributed by atoms with Crippen molar-refractivity contribution in [3.05, 3.63) is 46.2 Å². The molecule has 0 spiro atoms. The second-order valence-corrected chi connectivity index (χ2v) is 4.16. The summed E-state index contributed by atoms with van der Waals surface area (Å²) >= 11 is 11.2. The van der Waals surface area contributed by atoms with Gasteiger partial charge in [-0.1, -0.05) is 41.4 Å². The second-order valence-electron chi connectivity index (χ2n) is 3.42. The van der Waals surface area contributed by atoms with Crippen molar-refractivity contribution >= 4 is 28.5 Å². The fraction of sp³-hybridized carbons (Fsp3) is 0.182. The number of hydrogen-bond donors (Lipinski definition) is 2. The molecular formula is C11H13Cl2N3. The normalized spacial score (nSPS) is 13.6. The standard InChI is InChI=1S/C11H13Cl2N3/c1-7-3-2-4-8(5-7)6-9(14)10(12)16-11(13)15/h2-5H,6,14H2,1H3,(H2,15,16)/b10-9-. The van der Waals surface area contributed by atoms with Gasteiger partial charge in [-0.25, -0.2) is 4.99 Å². The Balaban J connectivity index is 2.85. The van der Waals surface area contributed by atoms with Crippen LogP contribution >= 0.6 is 23.2 Å². The van der Waals surface area contributed by atoms with Crippen LogP contribution < -0.4 is 11.5 Å². The van der Waals surface area contributed by atoms with Crippen molar-refractivity contribution < 1.29 is 0 Å². The molecule has 0 saturated heterocycles. The van der Waals surface area contributed by atoms with E-state index < -0.39 is 0 Å². The maximum absolute atomic E-state index is 5.82. The molecular weight excluding hydrogens is 245 g/mol. The first kappa shape index (κ1) is 12.9. The van der Waals surface area contributed by atoms with E-state index in [4.69, 9.17) is 34.7 Å². The molecule has 1 aromatic carbocycles. The van der Waals surface area contributed by atoms with Gasteiger partial charge in [0.05, 0.1) is 5.70 Å². The summed E-state index contributed by atoms with van der Waals surface area (Å²) in [6.45, 7) is 2.01. The van der Waals surface area contributed by atoms with Crippen LogP contribution in [0.2, 0.25) is 0 Å². The van der Waals surface area contributed by atoms with Gasteiger partial charge in [-0.3, -0.25) is 0 Å². The number of nitrogens with two attached hydrogens (primary N) is 2. The molecule has 0 fully saturated rings. The van der Waals surface area contributed by atoms with E-state index in [2.05, 4.69) is 4.99 Å². The van der Waals surface area contributed by atoms with Gasteiger partial charge in [0.15, 0.2) is 10.5 Å². The molecule has 0 atom stereocenters. The van der Waals surface area contributed by atoms with Gasteiger partial charge in [0.2, 0.25) is 0 Å². The first-order valence-corrected chi connectivity index (χ1v) is 5.44. The van der Waals surface area contributed by atoms with Crippen molar-refractivity contribution in [2.24, 2.45) is 16.5 Å². The zero-order chi connectivity index (χ0) is 12.1. The van der Waals surface area contributed by atoms with E-state index in [1.807, 2.05) is 31.2 Å². The van der Waals surface area contributed by atoms with E-state index in [-0.39, 0.29) is 10.5 Å². The van der Waals surface area contributed by atoms with Crippen molar-refractivity contribution in [1.82, 2.24) is 0 Å². The third kappa shape index (κ3) is 4.13. The van der Waals surface area contributed by atoms with Crippen LogP contribution in [-0.2, 0) is 6.42 Å². The minimum Gasteiger partial charge on any atom is -0.399 e. The summed E-state index contributed by atoms with van der Waals surface area (Å²) < 4.78 is 0. The van der Waals surface area contributed by atoms with E-state index in [0.717, 1.165) is 5.56 Å². The zero-order valence-corrected chi connectivity index (χ0v) is 10.4. The summed E-state index contributed by atoms with van der Waals surface area (Å²) in [5, 5.41) is 0.00574. The Kier molecular flexibility index (Phi) is 4.65. The largest absolute Gasteiger partial charge is 0.399 e. The third-order valence-corrected chi connectivity index (χ3v) is 2.36. The van der Waals surface area contributed by atoms with Gasteiger partial charge in [0.1, 0.15) is 0 Å². The second kappa shape index (κ2) is 5.77. The third-order valence-electron chi connectivity index (χ3n) is 1.95. The van der Waals surface area contributed by atoms with E-state index in [9.17, 15) is 0 Å². The molecule has 0 saturated carbocycles. The molecule has 0 aliphatic rings. The topological polar surface area (TPSA) is 64.4 Å². The highest BCUT2D eigenvalue weighted by Gasteiger charge is 2.02. The maximum atomic E-state index is 5.82. The van der Waals surface area contributed by atoms with Crippen LogP contribution in [-0.4, -0.2) is 5.29 Å². The first-order chi connectivity index (χ1) is 7.49. The number of nitrogens with zero attached hydrogens (tertiary/aromatic N) is 1. The summed E-state index contributed by atoms with van der Waals surface area (Å²) in [4.78, 5) is 3.68. The van der Waals surface area contributed by atoms with Crippen molar-refractivity contribution in [3.8, 4) is 0 Å². The molecule has 86 valence electrons. The Morgan fingerprint density at radius 1 is 1.31 bits per heavy atom. The van der Waals surface area contributed by atoms with E-state index in [0.29, 0.717) is 12.1 Å². The molecule has 0 aromatic heterocycles. The number of hydrogen-bond acceptors (Lipinski definition) is 2. The van der Waals surface area contributed by atoms with Crippen LogP contribution in [0, 0.1) is 6.92 Å². The summed E-state index contributed by atoms with van der Waals surface area (Å²) in [5.74, 6) is 0. The molecule has 0 amide bonds. The van der Waals surface area contributed by atoms with Crippen LogP contribution in [0.4, 0.5) is 0 Å². The first-order valence-electron chi connectivity index (χ1n) is 4.68. The SMILES string of the molecule is Cc1cccc(C/C(N)=C(Cl)/N=C(\N)Cl)c1. The van der Waals surface area contributed by atoms with Gasteiger partial charge in [-0.05, 0) is 24.1 Å². The molecule has 3 nitrogen and oxygen atoms in total. The lowest BCUT2D eigenvalue weighted by atomic mass is 10.1. The van der Waals surface area contributed by atoms with Crippen molar-refractivity contribution in [3.63, 3.8) is 0 Å². The average molecular weight is 258 g/mol. The maximum Gasteiger partial charge on any atom is 0.194 e. The summed E-state index contributed by atoms with van der Waals surface area (Å²) in [6, 6.07) is 7.98. The predicted molar refractivity (Wildman–Crippen MR) is 69.4 cm³/mol. The highest BCUT2D eigenvalue weighted by molar-refractivity contribution is 6.64. The number of benzene rings is 1. The lowest BCUT2D eigenvalue weighted by Gasteiger charge is -2.04. The molecule has 1 rings (SSSR count). The average Bonchev–Trinajstić information content (AvgIpc) is 2.16. The minimum absolute atomic E-state index is 0.128. The lowest BCUT2D eigenvalue weighted by molar-refractivity contribution is 1.08. The Labute approximate surface area is 105 Å². The number of aliphatic imine (C=N–C) groups is 1. The van der Waals surface area contributed by atoms with Gasteiger partial charge in [0.25, 0.3) is 0 Å². The van der Waals surface area contributed by atoms with Crippen LogP contribution in [0.15, 0.2) is 40.1 Å². The van der Waals surface area contributed by atoms with Crippen molar-refractivity contribution in [2.45, 2.75) is 13.3 Å². The van der Waals surface area contributed by atoms with Crippen LogP contribution in [0.1, 0.15) is 11.1 Å². The monoisotopic (exact) mass is 257 g/mol. The van der Waals surface area contributed by atoms with Gasteiger partial charge in [-0.15, -0.1) is 0 Å². The summed E-state index contributed by atoms with van der Waals surface area (Å²) in [7, 11) is 0. The Morgan fingerprint density at radius 3 is 2.56 bits per heavy atom. The van der Waals surface area contributed by atoms with Crippen LogP contribution in [0.5, 0.6) is 0 Å². The van der Waals surface area contributed by atoms with Gasteiger partial charge < -0.3 is 11.5 Å². The lowest BCUT2D eigenvalue weighted by Crippen LogP contribution is -2.06. The molecule has 16 heavy (non-hydrogen) atoms. The van der Waals surface area contributed by atoms with Crippen LogP contribution in [0.3, 0.4) is 0 Å².